The minimum atomic E-state index is 0.706. The summed E-state index contributed by atoms with van der Waals surface area (Å²) < 4.78 is 5.68. The summed E-state index contributed by atoms with van der Waals surface area (Å²) in [6.07, 6.45) is 2.76. The maximum atomic E-state index is 5.68. The normalized spacial score (nSPS) is 9.88. The largest absolute Gasteiger partial charge is 0.493 e. The minimum Gasteiger partial charge on any atom is -0.493 e. The van der Waals surface area contributed by atoms with E-state index in [0.29, 0.717) is 6.61 Å². The zero-order valence-corrected chi connectivity index (χ0v) is 9.80. The van der Waals surface area contributed by atoms with Gasteiger partial charge in [-0.05, 0) is 23.3 Å². The van der Waals surface area contributed by atoms with E-state index in [1.54, 1.807) is 0 Å². The van der Waals surface area contributed by atoms with Crippen LogP contribution in [0.4, 0.5) is 0 Å². The molecule has 0 spiro atoms. The highest BCUT2D eigenvalue weighted by atomic mass is 16.5. The Hall–Kier alpha value is -2.02. The lowest BCUT2D eigenvalue weighted by Gasteiger charge is -2.06. The zero-order chi connectivity index (χ0) is 11.9. The first-order valence-corrected chi connectivity index (χ1v) is 5.78. The van der Waals surface area contributed by atoms with Crippen LogP contribution < -0.4 is 4.74 Å². The summed E-state index contributed by atoms with van der Waals surface area (Å²) in [6, 6.07) is 18.3. The highest BCUT2D eigenvalue weighted by Crippen LogP contribution is 2.13. The van der Waals surface area contributed by atoms with Crippen LogP contribution in [0.3, 0.4) is 0 Å². The Balaban J connectivity index is 1.84. The third-order valence-electron chi connectivity index (χ3n) is 2.62. The highest BCUT2D eigenvalue weighted by Gasteiger charge is 1.95. The summed E-state index contributed by atoms with van der Waals surface area (Å²) >= 11 is 0. The molecule has 86 valence electrons. The Morgan fingerprint density at radius 3 is 2.29 bits per heavy atom. The quantitative estimate of drug-likeness (QED) is 0.747. The number of ether oxygens (including phenoxy) is 1. The number of hydrogen-bond acceptors (Lipinski definition) is 1. The molecule has 0 heterocycles. The van der Waals surface area contributed by atoms with Crippen molar-refractivity contribution in [1.29, 1.82) is 0 Å². The first-order chi connectivity index (χ1) is 8.38. The van der Waals surface area contributed by atoms with Crippen LogP contribution in [0.5, 0.6) is 5.75 Å². The van der Waals surface area contributed by atoms with Crippen molar-refractivity contribution in [3.05, 3.63) is 72.3 Å². The minimum absolute atomic E-state index is 0.706. The molecule has 0 N–H and O–H groups in total. The number of rotatable bonds is 5. The van der Waals surface area contributed by atoms with Gasteiger partial charge in [0.15, 0.2) is 0 Å². The molecule has 2 rings (SSSR count). The van der Waals surface area contributed by atoms with Gasteiger partial charge in [-0.1, -0.05) is 55.1 Å². The molecule has 2 aromatic carbocycles. The Bertz CT molecular complexity index is 457. The fourth-order valence-corrected chi connectivity index (χ4v) is 1.63. The topological polar surface area (TPSA) is 9.23 Å². The van der Waals surface area contributed by atoms with E-state index < -0.39 is 0 Å². The van der Waals surface area contributed by atoms with E-state index in [1.807, 2.05) is 48.5 Å². The van der Waals surface area contributed by atoms with Gasteiger partial charge in [-0.2, -0.15) is 0 Å². The van der Waals surface area contributed by atoms with Gasteiger partial charge in [-0.3, -0.25) is 0 Å². The lowest BCUT2D eigenvalue weighted by molar-refractivity contribution is 0.322. The lowest BCUT2D eigenvalue weighted by atomic mass is 10.2. The van der Waals surface area contributed by atoms with Crippen molar-refractivity contribution in [3.63, 3.8) is 0 Å². The molecule has 1 nitrogen and oxygen atoms in total. The van der Waals surface area contributed by atoms with Gasteiger partial charge >= 0.3 is 0 Å². The molecule has 2 aromatic rings. The van der Waals surface area contributed by atoms with Crippen LogP contribution in [0.2, 0.25) is 0 Å². The van der Waals surface area contributed by atoms with Gasteiger partial charge < -0.3 is 4.74 Å². The van der Waals surface area contributed by atoms with Gasteiger partial charge in [0.1, 0.15) is 5.75 Å². The molecule has 0 saturated carbocycles. The number of benzene rings is 2. The molecule has 0 atom stereocenters. The summed E-state index contributed by atoms with van der Waals surface area (Å²) in [4.78, 5) is 0. The molecule has 0 radical (unpaired) electrons. The molecule has 0 aliphatic rings. The van der Waals surface area contributed by atoms with Gasteiger partial charge in [-0.25, -0.2) is 0 Å². The maximum absolute atomic E-state index is 5.68. The van der Waals surface area contributed by atoms with E-state index in [4.69, 9.17) is 4.74 Å². The Morgan fingerprint density at radius 2 is 1.65 bits per heavy atom. The Kier molecular flexibility index (Phi) is 3.98. The third-order valence-corrected chi connectivity index (χ3v) is 2.62. The van der Waals surface area contributed by atoms with Gasteiger partial charge in [0.25, 0.3) is 0 Å². The number of hydrogen-bond donors (Lipinski definition) is 0. The van der Waals surface area contributed by atoms with Crippen LogP contribution in [0.1, 0.15) is 11.1 Å². The average Bonchev–Trinajstić information content (AvgIpc) is 2.41. The monoisotopic (exact) mass is 224 g/mol. The first-order valence-electron chi connectivity index (χ1n) is 5.78. The summed E-state index contributed by atoms with van der Waals surface area (Å²) in [7, 11) is 0. The van der Waals surface area contributed by atoms with E-state index in [-0.39, 0.29) is 0 Å². The molecule has 0 aromatic heterocycles. The fourth-order valence-electron chi connectivity index (χ4n) is 1.63. The molecular formula is C16H16O. The van der Waals surface area contributed by atoms with Crippen molar-refractivity contribution in [3.8, 4) is 5.75 Å². The smallest absolute Gasteiger partial charge is 0.119 e. The van der Waals surface area contributed by atoms with Gasteiger partial charge in [0.05, 0.1) is 6.61 Å². The molecule has 0 saturated heterocycles. The van der Waals surface area contributed by atoms with Crippen molar-refractivity contribution in [2.75, 3.05) is 6.61 Å². The van der Waals surface area contributed by atoms with Gasteiger partial charge in [-0.15, -0.1) is 0 Å². The molecule has 1 heteroatoms. The van der Waals surface area contributed by atoms with Crippen LogP contribution in [0, 0.1) is 0 Å². The second kappa shape index (κ2) is 5.90. The van der Waals surface area contributed by atoms with Crippen LogP contribution in [0.15, 0.2) is 61.2 Å². The van der Waals surface area contributed by atoms with Crippen molar-refractivity contribution in [2.24, 2.45) is 0 Å². The van der Waals surface area contributed by atoms with Crippen molar-refractivity contribution < 1.29 is 4.74 Å². The Labute approximate surface area is 102 Å². The molecule has 0 aliphatic heterocycles. The van der Waals surface area contributed by atoms with Crippen LogP contribution in [-0.2, 0) is 6.42 Å². The summed E-state index contributed by atoms with van der Waals surface area (Å²) in [5.74, 6) is 0.909. The molecule has 0 aliphatic carbocycles. The maximum Gasteiger partial charge on any atom is 0.119 e. The average molecular weight is 224 g/mol. The van der Waals surface area contributed by atoms with Crippen LogP contribution >= 0.6 is 0 Å². The first kappa shape index (κ1) is 11.5. The van der Waals surface area contributed by atoms with Crippen LogP contribution in [0.25, 0.3) is 6.08 Å². The van der Waals surface area contributed by atoms with E-state index >= 15 is 0 Å². The predicted molar refractivity (Wildman–Crippen MR) is 72.2 cm³/mol. The second-order valence-corrected chi connectivity index (χ2v) is 3.86. The van der Waals surface area contributed by atoms with E-state index in [1.165, 1.54) is 5.56 Å². The lowest BCUT2D eigenvalue weighted by Crippen LogP contribution is -2.00. The molecule has 17 heavy (non-hydrogen) atoms. The van der Waals surface area contributed by atoms with Gasteiger partial charge in [0, 0.05) is 6.42 Å². The van der Waals surface area contributed by atoms with Gasteiger partial charge in [0.2, 0.25) is 0 Å². The van der Waals surface area contributed by atoms with Crippen molar-refractivity contribution in [1.82, 2.24) is 0 Å². The molecule has 0 unspecified atom stereocenters. The molecule has 0 fully saturated rings. The standard InChI is InChI=1S/C16H16O/c1-2-14-8-10-16(11-9-14)17-13-12-15-6-4-3-5-7-15/h2-11H,1,12-13H2. The molecule has 0 amide bonds. The SMILES string of the molecule is C=Cc1ccc(OCCc2ccccc2)cc1. The van der Waals surface area contributed by atoms with Crippen molar-refractivity contribution >= 4 is 6.08 Å². The summed E-state index contributed by atoms with van der Waals surface area (Å²) in [5, 5.41) is 0. The second-order valence-electron chi connectivity index (χ2n) is 3.86. The molecule has 0 bridgehead atoms. The van der Waals surface area contributed by atoms with Crippen LogP contribution in [-0.4, -0.2) is 6.61 Å². The zero-order valence-electron chi connectivity index (χ0n) is 9.80. The molecular weight excluding hydrogens is 208 g/mol. The van der Waals surface area contributed by atoms with E-state index in [0.717, 1.165) is 17.7 Å². The third kappa shape index (κ3) is 3.49. The van der Waals surface area contributed by atoms with E-state index in [9.17, 15) is 0 Å². The predicted octanol–water partition coefficient (Wildman–Crippen LogP) is 3.95. The van der Waals surface area contributed by atoms with E-state index in [2.05, 4.69) is 18.7 Å². The summed E-state index contributed by atoms with van der Waals surface area (Å²) in [5.41, 5.74) is 2.41. The highest BCUT2D eigenvalue weighted by molar-refractivity contribution is 5.48. The summed E-state index contributed by atoms with van der Waals surface area (Å²) in [6.45, 7) is 4.43. The van der Waals surface area contributed by atoms with Crippen molar-refractivity contribution in [2.45, 2.75) is 6.42 Å². The Morgan fingerprint density at radius 1 is 0.941 bits per heavy atom. The fraction of sp³-hybridized carbons (Fsp3) is 0.125.